The maximum absolute atomic E-state index is 12.5. The summed E-state index contributed by atoms with van der Waals surface area (Å²) in [4.78, 5) is 25.2. The molecule has 0 aliphatic heterocycles. The van der Waals surface area contributed by atoms with Crippen molar-refractivity contribution < 1.29 is 14.1 Å². The molecule has 0 unspecified atom stereocenters. The molecular weight excluding hydrogens is 302 g/mol. The standard InChI is InChI=1S/C15H19N3O3S/c1-5-9-8(4)22-15(12(9)13(16)19)17-14(20)11-7(3)21-18-10(11)6-2/h5-6H2,1-4H3,(H2,16,19)(H,17,20). The van der Waals surface area contributed by atoms with Crippen molar-refractivity contribution in [3.63, 3.8) is 0 Å². The number of amides is 2. The van der Waals surface area contributed by atoms with Gasteiger partial charge in [-0.05, 0) is 32.3 Å². The number of rotatable bonds is 5. The molecule has 0 aliphatic rings. The number of carbonyl (C=O) groups excluding carboxylic acids is 2. The highest BCUT2D eigenvalue weighted by atomic mass is 32.1. The fourth-order valence-electron chi connectivity index (χ4n) is 2.47. The van der Waals surface area contributed by atoms with E-state index >= 15 is 0 Å². The Hall–Kier alpha value is -2.15. The van der Waals surface area contributed by atoms with E-state index < -0.39 is 5.91 Å². The van der Waals surface area contributed by atoms with Crippen LogP contribution in [0, 0.1) is 13.8 Å². The van der Waals surface area contributed by atoms with Crippen LogP contribution in [0.25, 0.3) is 0 Å². The lowest BCUT2D eigenvalue weighted by atomic mass is 10.1. The third-order valence-electron chi connectivity index (χ3n) is 3.53. The van der Waals surface area contributed by atoms with Crippen LogP contribution in [0.1, 0.15) is 56.5 Å². The van der Waals surface area contributed by atoms with Crippen molar-refractivity contribution in [3.05, 3.63) is 33.0 Å². The maximum atomic E-state index is 12.5. The Labute approximate surface area is 132 Å². The number of hydrogen-bond donors (Lipinski definition) is 2. The van der Waals surface area contributed by atoms with Crippen LogP contribution >= 0.6 is 11.3 Å². The molecule has 0 aromatic carbocycles. The first-order chi connectivity index (χ1) is 10.4. The van der Waals surface area contributed by atoms with Crippen LogP contribution in [-0.4, -0.2) is 17.0 Å². The van der Waals surface area contributed by atoms with Gasteiger partial charge in [-0.25, -0.2) is 0 Å². The second-order valence-electron chi connectivity index (χ2n) is 4.93. The molecule has 0 atom stereocenters. The molecule has 0 aliphatic carbocycles. The predicted octanol–water partition coefficient (Wildman–Crippen LogP) is 2.83. The van der Waals surface area contributed by atoms with E-state index in [2.05, 4.69) is 10.5 Å². The summed E-state index contributed by atoms with van der Waals surface area (Å²) in [5.41, 5.74) is 7.76. The molecule has 7 heteroatoms. The second-order valence-corrected chi connectivity index (χ2v) is 6.15. The lowest BCUT2D eigenvalue weighted by Gasteiger charge is -2.05. The van der Waals surface area contributed by atoms with Crippen molar-refractivity contribution in [1.82, 2.24) is 5.16 Å². The fourth-order valence-corrected chi connectivity index (χ4v) is 3.61. The smallest absolute Gasteiger partial charge is 0.261 e. The van der Waals surface area contributed by atoms with Crippen molar-refractivity contribution in [2.75, 3.05) is 5.32 Å². The van der Waals surface area contributed by atoms with Gasteiger partial charge in [-0.3, -0.25) is 9.59 Å². The third-order valence-corrected chi connectivity index (χ3v) is 4.59. The Morgan fingerprint density at radius 1 is 1.23 bits per heavy atom. The number of nitrogens with one attached hydrogen (secondary N) is 1. The molecule has 118 valence electrons. The number of aryl methyl sites for hydroxylation is 3. The fraction of sp³-hybridized carbons (Fsp3) is 0.400. The van der Waals surface area contributed by atoms with Crippen molar-refractivity contribution >= 4 is 28.2 Å². The molecular formula is C15H19N3O3S. The molecule has 2 rings (SSSR count). The van der Waals surface area contributed by atoms with Gasteiger partial charge in [0.25, 0.3) is 11.8 Å². The summed E-state index contributed by atoms with van der Waals surface area (Å²) in [7, 11) is 0. The Morgan fingerprint density at radius 2 is 1.91 bits per heavy atom. The van der Waals surface area contributed by atoms with E-state index in [1.165, 1.54) is 11.3 Å². The van der Waals surface area contributed by atoms with Crippen LogP contribution < -0.4 is 11.1 Å². The first-order valence-electron chi connectivity index (χ1n) is 7.09. The first-order valence-corrected chi connectivity index (χ1v) is 7.90. The molecule has 2 heterocycles. The van der Waals surface area contributed by atoms with E-state index in [1.54, 1.807) is 6.92 Å². The lowest BCUT2D eigenvalue weighted by Crippen LogP contribution is -2.18. The molecule has 2 amide bonds. The van der Waals surface area contributed by atoms with Crippen molar-refractivity contribution in [2.45, 2.75) is 40.5 Å². The van der Waals surface area contributed by atoms with Crippen LogP contribution in [0.2, 0.25) is 0 Å². The predicted molar refractivity (Wildman–Crippen MR) is 85.5 cm³/mol. The van der Waals surface area contributed by atoms with E-state index in [0.29, 0.717) is 40.4 Å². The van der Waals surface area contributed by atoms with Gasteiger partial charge in [-0.1, -0.05) is 19.0 Å². The van der Waals surface area contributed by atoms with E-state index in [-0.39, 0.29) is 5.91 Å². The molecule has 2 aromatic rings. The summed E-state index contributed by atoms with van der Waals surface area (Å²) in [6, 6.07) is 0. The summed E-state index contributed by atoms with van der Waals surface area (Å²) in [5.74, 6) is -0.407. The molecule has 2 aromatic heterocycles. The minimum absolute atomic E-state index is 0.331. The summed E-state index contributed by atoms with van der Waals surface area (Å²) in [5, 5.41) is 7.13. The Morgan fingerprint density at radius 3 is 2.45 bits per heavy atom. The quantitative estimate of drug-likeness (QED) is 0.884. The second kappa shape index (κ2) is 6.31. The number of carbonyl (C=O) groups is 2. The molecule has 0 spiro atoms. The minimum Gasteiger partial charge on any atom is -0.365 e. The molecule has 22 heavy (non-hydrogen) atoms. The van der Waals surface area contributed by atoms with Gasteiger partial charge in [0.15, 0.2) is 0 Å². The number of nitrogens with two attached hydrogens (primary N) is 1. The third kappa shape index (κ3) is 2.76. The maximum Gasteiger partial charge on any atom is 0.261 e. The topological polar surface area (TPSA) is 98.2 Å². The molecule has 0 radical (unpaired) electrons. The van der Waals surface area contributed by atoms with Crippen molar-refractivity contribution in [1.29, 1.82) is 0 Å². The van der Waals surface area contributed by atoms with Crippen LogP contribution in [0.15, 0.2) is 4.52 Å². The van der Waals surface area contributed by atoms with Gasteiger partial charge < -0.3 is 15.6 Å². The normalized spacial score (nSPS) is 10.7. The van der Waals surface area contributed by atoms with E-state index in [1.807, 2.05) is 20.8 Å². The summed E-state index contributed by atoms with van der Waals surface area (Å²) < 4.78 is 5.07. The van der Waals surface area contributed by atoms with Gasteiger partial charge in [0.2, 0.25) is 0 Å². The average molecular weight is 321 g/mol. The van der Waals surface area contributed by atoms with Gasteiger partial charge in [0.05, 0.1) is 11.3 Å². The number of aromatic nitrogens is 1. The summed E-state index contributed by atoms with van der Waals surface area (Å²) in [6.45, 7) is 7.45. The highest BCUT2D eigenvalue weighted by Crippen LogP contribution is 2.33. The minimum atomic E-state index is -0.533. The zero-order valence-corrected chi connectivity index (χ0v) is 13.9. The number of primary amides is 1. The van der Waals surface area contributed by atoms with E-state index in [9.17, 15) is 9.59 Å². The highest BCUT2D eigenvalue weighted by molar-refractivity contribution is 7.16. The zero-order valence-electron chi connectivity index (χ0n) is 13.1. The highest BCUT2D eigenvalue weighted by Gasteiger charge is 2.24. The summed E-state index contributed by atoms with van der Waals surface area (Å²) >= 11 is 1.36. The average Bonchev–Trinajstić information content (AvgIpc) is 2.98. The number of hydrogen-bond acceptors (Lipinski definition) is 5. The van der Waals surface area contributed by atoms with E-state index in [4.69, 9.17) is 10.3 Å². The van der Waals surface area contributed by atoms with Gasteiger partial charge in [-0.15, -0.1) is 11.3 Å². The van der Waals surface area contributed by atoms with E-state index in [0.717, 1.165) is 10.4 Å². The van der Waals surface area contributed by atoms with Gasteiger partial charge in [-0.2, -0.15) is 0 Å². The molecule has 0 saturated heterocycles. The first kappa shape index (κ1) is 16.2. The van der Waals surface area contributed by atoms with Gasteiger partial charge in [0.1, 0.15) is 16.3 Å². The lowest BCUT2D eigenvalue weighted by molar-refractivity contribution is 0.100. The number of thiophene rings is 1. The number of anilines is 1. The Kier molecular flexibility index (Phi) is 4.65. The molecule has 3 N–H and O–H groups in total. The molecule has 0 saturated carbocycles. The summed E-state index contributed by atoms with van der Waals surface area (Å²) in [6.07, 6.45) is 1.27. The SMILES string of the molecule is CCc1noc(C)c1C(=O)Nc1sc(C)c(CC)c1C(N)=O. The molecule has 6 nitrogen and oxygen atoms in total. The Bertz CT molecular complexity index is 731. The van der Waals surface area contributed by atoms with Crippen LogP contribution in [0.5, 0.6) is 0 Å². The van der Waals surface area contributed by atoms with Crippen molar-refractivity contribution in [3.8, 4) is 0 Å². The van der Waals surface area contributed by atoms with Gasteiger partial charge >= 0.3 is 0 Å². The zero-order chi connectivity index (χ0) is 16.4. The molecule has 0 fully saturated rings. The Balaban J connectivity index is 2.41. The van der Waals surface area contributed by atoms with Crippen LogP contribution in [0.3, 0.4) is 0 Å². The molecule has 0 bridgehead atoms. The largest absolute Gasteiger partial charge is 0.365 e. The van der Waals surface area contributed by atoms with Crippen LogP contribution in [0.4, 0.5) is 5.00 Å². The number of nitrogens with zero attached hydrogens (tertiary/aromatic N) is 1. The van der Waals surface area contributed by atoms with Crippen molar-refractivity contribution in [2.24, 2.45) is 5.73 Å². The van der Waals surface area contributed by atoms with Crippen LogP contribution in [-0.2, 0) is 12.8 Å². The monoisotopic (exact) mass is 321 g/mol. The van der Waals surface area contributed by atoms with Gasteiger partial charge in [0, 0.05) is 4.88 Å².